The molecule has 2 aliphatic carbocycles. The smallest absolute Gasteiger partial charge is 0.262 e. The predicted molar refractivity (Wildman–Crippen MR) is 173 cm³/mol. The molecule has 0 radical (unpaired) electrons. The monoisotopic (exact) mass is 619 g/mol. The molecule has 11 heteroatoms. The molecule has 46 heavy (non-hydrogen) atoms. The van der Waals surface area contributed by atoms with Crippen molar-refractivity contribution in [2.75, 3.05) is 18.9 Å². The maximum absolute atomic E-state index is 13.2. The van der Waals surface area contributed by atoms with Crippen molar-refractivity contribution >= 4 is 51.6 Å². The van der Waals surface area contributed by atoms with Gasteiger partial charge in [0, 0.05) is 55.1 Å². The van der Waals surface area contributed by atoms with Crippen LogP contribution in [0.4, 0.5) is 5.69 Å². The van der Waals surface area contributed by atoms with Crippen LogP contribution in [0.2, 0.25) is 0 Å². The number of fused-ring (bicyclic) bond motifs is 2. The van der Waals surface area contributed by atoms with E-state index in [0.29, 0.717) is 23.6 Å². The number of para-hydroxylation sites is 2. The molecule has 3 N–H and O–H groups in total. The lowest BCUT2D eigenvalue weighted by Gasteiger charge is -2.36. The number of benzene rings is 2. The van der Waals surface area contributed by atoms with Crippen molar-refractivity contribution in [2.45, 2.75) is 63.5 Å². The predicted octanol–water partition coefficient (Wildman–Crippen LogP) is 4.40. The van der Waals surface area contributed by atoms with Crippen LogP contribution in [0.5, 0.6) is 0 Å². The third-order valence-electron chi connectivity index (χ3n) is 9.67. The first kappa shape index (κ1) is 29.8. The molecule has 3 heterocycles. The van der Waals surface area contributed by atoms with Crippen LogP contribution >= 0.6 is 0 Å². The van der Waals surface area contributed by atoms with Crippen LogP contribution in [0, 0.1) is 17.2 Å². The van der Waals surface area contributed by atoms with Crippen LogP contribution in [0.3, 0.4) is 0 Å². The number of nitrogens with zero attached hydrogens (tertiary/aromatic N) is 4. The van der Waals surface area contributed by atoms with Gasteiger partial charge in [-0.1, -0.05) is 12.1 Å². The first-order valence-corrected chi connectivity index (χ1v) is 16.1. The number of imide groups is 2. The Balaban J connectivity index is 0.892. The highest BCUT2D eigenvalue weighted by molar-refractivity contribution is 6.24. The van der Waals surface area contributed by atoms with E-state index >= 15 is 0 Å². The van der Waals surface area contributed by atoms with Crippen LogP contribution in [-0.4, -0.2) is 74.8 Å². The van der Waals surface area contributed by atoms with Gasteiger partial charge in [-0.05, 0) is 81.2 Å². The summed E-state index contributed by atoms with van der Waals surface area (Å²) in [6, 6.07) is 12.3. The van der Waals surface area contributed by atoms with Crippen molar-refractivity contribution in [1.29, 1.82) is 5.41 Å². The molecule has 1 atom stereocenters. The van der Waals surface area contributed by atoms with E-state index in [2.05, 4.69) is 15.6 Å². The highest BCUT2D eigenvalue weighted by Crippen LogP contribution is 2.36. The Labute approximate surface area is 267 Å². The van der Waals surface area contributed by atoms with Gasteiger partial charge in [-0.3, -0.25) is 34.0 Å². The average molecular weight is 620 g/mol. The van der Waals surface area contributed by atoms with Crippen LogP contribution < -0.4 is 10.6 Å². The van der Waals surface area contributed by atoms with Crippen molar-refractivity contribution in [2.24, 2.45) is 11.8 Å². The highest BCUT2D eigenvalue weighted by atomic mass is 16.2. The summed E-state index contributed by atoms with van der Waals surface area (Å²) in [6.45, 7) is 0.733. The molecule has 1 unspecified atom stereocenters. The average Bonchev–Trinajstić information content (AvgIpc) is 3.87. The lowest BCUT2D eigenvalue weighted by atomic mass is 9.77. The topological polar surface area (TPSA) is 148 Å². The lowest BCUT2D eigenvalue weighted by Crippen LogP contribution is -2.54. The number of nitrogens with one attached hydrogen (secondary N) is 3. The number of likely N-dealkylation sites (N-methyl/N-ethyl adjacent to an activating group) is 1. The van der Waals surface area contributed by atoms with E-state index in [4.69, 9.17) is 10.4 Å². The Morgan fingerprint density at radius 2 is 1.76 bits per heavy atom. The van der Waals surface area contributed by atoms with Gasteiger partial charge in [0.2, 0.25) is 5.91 Å². The molecule has 2 aromatic carbocycles. The zero-order valence-electron chi connectivity index (χ0n) is 25.8. The summed E-state index contributed by atoms with van der Waals surface area (Å²) in [7, 11) is 1.38. The quantitative estimate of drug-likeness (QED) is 0.162. The molecular formula is C35H37N7O4. The molecule has 4 amide bonds. The van der Waals surface area contributed by atoms with E-state index in [1.807, 2.05) is 30.5 Å². The minimum atomic E-state index is -0.952. The summed E-state index contributed by atoms with van der Waals surface area (Å²) >= 11 is 0. The number of hydrogen-bond donors (Lipinski definition) is 3. The molecule has 11 nitrogen and oxygen atoms in total. The van der Waals surface area contributed by atoms with Gasteiger partial charge in [-0.2, -0.15) is 0 Å². The number of aromatic nitrogens is 2. The number of rotatable bonds is 11. The van der Waals surface area contributed by atoms with Crippen LogP contribution in [0.15, 0.2) is 54.9 Å². The largest absolute Gasteiger partial charge is 0.388 e. The van der Waals surface area contributed by atoms with E-state index in [1.165, 1.54) is 7.05 Å². The number of anilines is 1. The second-order valence-corrected chi connectivity index (χ2v) is 12.8. The minimum absolute atomic E-state index is 0.119. The number of likely N-dealkylation sites (tertiary alicyclic amines) is 1. The Hall–Kier alpha value is -4.93. The molecule has 0 bridgehead atoms. The van der Waals surface area contributed by atoms with Gasteiger partial charge in [-0.15, -0.1) is 0 Å². The fraction of sp³-hybridized carbons (Fsp3) is 0.400. The van der Waals surface area contributed by atoms with Crippen molar-refractivity contribution in [1.82, 2.24) is 25.1 Å². The lowest BCUT2D eigenvalue weighted by molar-refractivity contribution is -0.149. The number of piperidine rings is 1. The summed E-state index contributed by atoms with van der Waals surface area (Å²) in [4.78, 5) is 62.1. The molecule has 4 aliphatic rings. The number of hydrogen-bond acceptors (Lipinski definition) is 9. The molecule has 2 saturated carbocycles. The minimum Gasteiger partial charge on any atom is -0.388 e. The van der Waals surface area contributed by atoms with Gasteiger partial charge in [0.25, 0.3) is 17.7 Å². The molecule has 3 fully saturated rings. The molecule has 1 saturated heterocycles. The Kier molecular flexibility index (Phi) is 7.84. The van der Waals surface area contributed by atoms with E-state index in [9.17, 15) is 19.2 Å². The molecular weight excluding hydrogens is 582 g/mol. The van der Waals surface area contributed by atoms with Crippen molar-refractivity contribution < 1.29 is 19.2 Å². The number of allylic oxidation sites excluding steroid dienone is 1. The van der Waals surface area contributed by atoms with Gasteiger partial charge < -0.3 is 16.0 Å². The zero-order valence-corrected chi connectivity index (χ0v) is 25.8. The molecule has 1 aromatic heterocycles. The fourth-order valence-electron chi connectivity index (χ4n) is 6.69. The molecule has 2 aliphatic heterocycles. The SMILES string of the molecule is CN1C(=O)CCC(N2C(=O)c3ccc(NCCCC4CC(N/C=C(\C(=N)C5CC5)c5cnc6ccccc6n5)C4)cc3C2=O)C1=O. The summed E-state index contributed by atoms with van der Waals surface area (Å²) in [5.41, 5.74) is 5.21. The van der Waals surface area contributed by atoms with Gasteiger partial charge in [0.15, 0.2) is 0 Å². The normalized spacial score (nSPS) is 23.1. The number of carbonyl (C=O) groups is 4. The maximum atomic E-state index is 13.2. The van der Waals surface area contributed by atoms with Gasteiger partial charge >= 0.3 is 0 Å². The van der Waals surface area contributed by atoms with E-state index in [1.54, 1.807) is 24.4 Å². The standard InChI is InChI=1S/C35H37N7O4/c1-41-31(43)13-12-30(35(41)46)42-33(44)24-11-10-22(17-25(24)34(42)45)37-14-4-5-20-15-23(16-20)38-18-26(32(36)21-8-9-21)29-19-39-27-6-2-3-7-28(27)40-29/h2-3,6-7,10-11,17-21,23,30,36-38H,4-5,8-9,12-16H2,1H3/b26-18-,36-32?. The Morgan fingerprint density at radius 1 is 1.00 bits per heavy atom. The third kappa shape index (κ3) is 5.65. The first-order chi connectivity index (χ1) is 22.3. The van der Waals surface area contributed by atoms with Crippen molar-refractivity contribution in [3.8, 4) is 0 Å². The number of amides is 4. The van der Waals surface area contributed by atoms with E-state index < -0.39 is 23.8 Å². The Morgan fingerprint density at radius 3 is 2.54 bits per heavy atom. The first-order valence-electron chi connectivity index (χ1n) is 16.1. The summed E-state index contributed by atoms with van der Waals surface area (Å²) < 4.78 is 0. The second kappa shape index (κ2) is 12.1. The molecule has 236 valence electrons. The van der Waals surface area contributed by atoms with Crippen LogP contribution in [0.25, 0.3) is 16.6 Å². The highest BCUT2D eigenvalue weighted by Gasteiger charge is 2.46. The van der Waals surface area contributed by atoms with Crippen LogP contribution in [-0.2, 0) is 9.59 Å². The molecule has 0 spiro atoms. The Bertz CT molecular complexity index is 1790. The second-order valence-electron chi connectivity index (χ2n) is 12.8. The third-order valence-corrected chi connectivity index (χ3v) is 9.67. The van der Waals surface area contributed by atoms with Gasteiger partial charge in [-0.25, -0.2) is 4.98 Å². The van der Waals surface area contributed by atoms with Crippen molar-refractivity contribution in [3.63, 3.8) is 0 Å². The maximum Gasteiger partial charge on any atom is 0.262 e. The van der Waals surface area contributed by atoms with Crippen molar-refractivity contribution in [3.05, 3.63) is 71.7 Å². The molecule has 3 aromatic rings. The van der Waals surface area contributed by atoms with Gasteiger partial charge in [0.05, 0.1) is 34.1 Å². The zero-order chi connectivity index (χ0) is 31.9. The summed E-state index contributed by atoms with van der Waals surface area (Å²) in [6.07, 6.45) is 10.3. The summed E-state index contributed by atoms with van der Waals surface area (Å²) in [5.74, 6) is -0.883. The van der Waals surface area contributed by atoms with E-state index in [-0.39, 0.29) is 29.9 Å². The van der Waals surface area contributed by atoms with Gasteiger partial charge in [0.1, 0.15) is 6.04 Å². The summed E-state index contributed by atoms with van der Waals surface area (Å²) in [5, 5.41) is 15.7. The number of carbonyl (C=O) groups excluding carboxylic acids is 4. The fourth-order valence-corrected chi connectivity index (χ4v) is 6.69. The molecule has 7 rings (SSSR count). The van der Waals surface area contributed by atoms with E-state index in [0.717, 1.165) is 82.9 Å². The van der Waals surface area contributed by atoms with Crippen LogP contribution in [0.1, 0.15) is 77.8 Å².